The van der Waals surface area contributed by atoms with E-state index >= 15 is 0 Å². The van der Waals surface area contributed by atoms with Gasteiger partial charge in [-0.15, -0.1) is 0 Å². The van der Waals surface area contributed by atoms with Crippen molar-refractivity contribution in [2.45, 2.75) is 0 Å². The molecule has 9 aromatic rings. The minimum atomic E-state index is -0.998. The molecule has 0 radical (unpaired) electrons. The Morgan fingerprint density at radius 3 is 1.15 bits per heavy atom. The van der Waals surface area contributed by atoms with Gasteiger partial charge in [0.2, 0.25) is 0 Å². The van der Waals surface area contributed by atoms with Gasteiger partial charge in [0.25, 0.3) is 0 Å². The van der Waals surface area contributed by atoms with Crippen molar-refractivity contribution in [2.75, 3.05) is 0 Å². The van der Waals surface area contributed by atoms with Gasteiger partial charge in [0.15, 0.2) is 0 Å². The van der Waals surface area contributed by atoms with E-state index < -0.39 is 11.9 Å². The van der Waals surface area contributed by atoms with Crippen molar-refractivity contribution in [1.29, 1.82) is 0 Å². The van der Waals surface area contributed by atoms with Crippen LogP contribution in [-0.4, -0.2) is 42.1 Å². The third-order valence-electron chi connectivity index (χ3n) is 11.7. The molecule has 2 aliphatic rings. The van der Waals surface area contributed by atoms with Crippen LogP contribution < -0.4 is 0 Å². The first-order valence-corrected chi connectivity index (χ1v) is 20.2. The minimum absolute atomic E-state index is 0.198. The van der Waals surface area contributed by atoms with Gasteiger partial charge in [-0.1, -0.05) is 109 Å². The topological polar surface area (TPSA) is 132 Å². The Morgan fingerprint density at radius 2 is 0.758 bits per heavy atom. The van der Waals surface area contributed by atoms with E-state index in [4.69, 9.17) is 9.97 Å². The number of nitrogens with zero attached hydrogens (tertiary/aromatic N) is 2. The van der Waals surface area contributed by atoms with Gasteiger partial charge in [-0.05, 0) is 117 Å². The van der Waals surface area contributed by atoms with E-state index in [-0.39, 0.29) is 11.1 Å². The van der Waals surface area contributed by atoms with Gasteiger partial charge >= 0.3 is 11.9 Å². The van der Waals surface area contributed by atoms with E-state index in [1.807, 2.05) is 109 Å². The number of aromatic carboxylic acids is 2. The summed E-state index contributed by atoms with van der Waals surface area (Å²) in [5.41, 5.74) is 13.5. The lowest BCUT2D eigenvalue weighted by Gasteiger charge is -2.10. The second-order valence-electron chi connectivity index (χ2n) is 15.3. The van der Waals surface area contributed by atoms with E-state index in [1.165, 1.54) is 0 Å². The SMILES string of the molecule is O=C(O)c1ccc2cccc(-c3c4nc(c(-c5ccccc5)c5ccc([nH]5)c(-c5cccc6ccc(C(=O)O)cc56)c5nc(c(-c6ccccc6)c6ccc3[nH]6)C=C5)C=C4)c2c1. The van der Waals surface area contributed by atoms with Crippen LogP contribution in [0.3, 0.4) is 0 Å². The highest BCUT2D eigenvalue weighted by atomic mass is 16.4. The predicted octanol–water partition coefficient (Wildman–Crippen LogP) is 13.0. The number of hydrogen-bond donors (Lipinski definition) is 4. The molecule has 2 aliphatic heterocycles. The van der Waals surface area contributed by atoms with Crippen LogP contribution in [0.1, 0.15) is 43.5 Å². The zero-order valence-electron chi connectivity index (χ0n) is 32.9. The first-order valence-electron chi connectivity index (χ1n) is 20.2. The molecule has 5 heterocycles. The zero-order valence-corrected chi connectivity index (χ0v) is 32.9. The molecule has 0 unspecified atom stereocenters. The maximum atomic E-state index is 12.3. The van der Waals surface area contributed by atoms with Gasteiger partial charge in [0.05, 0.1) is 33.9 Å². The van der Waals surface area contributed by atoms with Crippen LogP contribution >= 0.6 is 0 Å². The van der Waals surface area contributed by atoms with Crippen LogP contribution in [0.5, 0.6) is 0 Å². The summed E-state index contributed by atoms with van der Waals surface area (Å²) in [6, 6.07) is 50.9. The Hall–Kier alpha value is -8.62. The van der Waals surface area contributed by atoms with E-state index in [0.717, 1.165) is 99.5 Å². The molecule has 0 atom stereocenters. The summed E-state index contributed by atoms with van der Waals surface area (Å²) in [5, 5.41) is 23.5. The molecule has 62 heavy (non-hydrogen) atoms. The molecule has 0 saturated carbocycles. The third-order valence-corrected chi connectivity index (χ3v) is 11.7. The number of aromatic nitrogens is 4. The fourth-order valence-corrected chi connectivity index (χ4v) is 8.84. The third kappa shape index (κ3) is 6.17. The summed E-state index contributed by atoms with van der Waals surface area (Å²) in [4.78, 5) is 42.9. The number of rotatable bonds is 6. The number of fused-ring (bicyclic) bond motifs is 10. The molecule has 0 amide bonds. The highest BCUT2D eigenvalue weighted by Crippen LogP contribution is 2.41. The first kappa shape index (κ1) is 36.5. The predicted molar refractivity (Wildman–Crippen MR) is 250 cm³/mol. The van der Waals surface area contributed by atoms with Gasteiger partial charge in [-0.2, -0.15) is 0 Å². The quantitative estimate of drug-likeness (QED) is 0.132. The van der Waals surface area contributed by atoms with E-state index in [2.05, 4.69) is 58.5 Å². The summed E-state index contributed by atoms with van der Waals surface area (Å²) in [6.45, 7) is 0. The van der Waals surface area contributed by atoms with Crippen molar-refractivity contribution in [3.8, 4) is 44.5 Å². The van der Waals surface area contributed by atoms with Gasteiger partial charge in [0, 0.05) is 44.3 Å². The maximum Gasteiger partial charge on any atom is 0.335 e. The number of carboxylic acid groups (broad SMARTS) is 2. The summed E-state index contributed by atoms with van der Waals surface area (Å²) >= 11 is 0. The minimum Gasteiger partial charge on any atom is -0.478 e. The van der Waals surface area contributed by atoms with Gasteiger partial charge in [-0.25, -0.2) is 19.6 Å². The van der Waals surface area contributed by atoms with Crippen molar-refractivity contribution >= 4 is 79.9 Å². The molecule has 0 aliphatic carbocycles. The number of nitrogens with one attached hydrogen (secondary N) is 2. The highest BCUT2D eigenvalue weighted by molar-refractivity contribution is 6.09. The Labute approximate surface area is 354 Å². The molecule has 0 fully saturated rings. The lowest BCUT2D eigenvalue weighted by Crippen LogP contribution is -1.96. The fourth-order valence-electron chi connectivity index (χ4n) is 8.84. The number of carboxylic acids is 2. The van der Waals surface area contributed by atoms with Crippen molar-refractivity contribution in [3.63, 3.8) is 0 Å². The second kappa shape index (κ2) is 14.6. The average Bonchev–Trinajstić information content (AvgIpc) is 4.15. The van der Waals surface area contributed by atoms with Crippen molar-refractivity contribution in [2.24, 2.45) is 0 Å². The molecule has 294 valence electrons. The number of carbonyl (C=O) groups is 2. The van der Waals surface area contributed by atoms with Gasteiger partial charge in [0.1, 0.15) is 0 Å². The van der Waals surface area contributed by atoms with E-state index in [0.29, 0.717) is 11.4 Å². The molecule has 11 rings (SSSR count). The molecule has 0 spiro atoms. The molecular weight excluding hydrogens is 769 g/mol. The molecule has 8 heteroatoms. The smallest absolute Gasteiger partial charge is 0.335 e. The molecule has 8 bridgehead atoms. The van der Waals surface area contributed by atoms with Crippen LogP contribution in [0, 0.1) is 0 Å². The number of benzene rings is 6. The Bertz CT molecular complexity index is 3340. The molecule has 6 aromatic carbocycles. The van der Waals surface area contributed by atoms with Gasteiger partial charge < -0.3 is 20.2 Å². The Kier molecular flexibility index (Phi) is 8.57. The van der Waals surface area contributed by atoms with Crippen molar-refractivity contribution < 1.29 is 19.8 Å². The Balaban J connectivity index is 1.33. The number of aromatic amines is 2. The fraction of sp³-hybridized carbons (Fsp3) is 0. The lowest BCUT2D eigenvalue weighted by molar-refractivity contribution is 0.0686. The summed E-state index contributed by atoms with van der Waals surface area (Å²) in [7, 11) is 0. The number of hydrogen-bond acceptors (Lipinski definition) is 4. The maximum absolute atomic E-state index is 12.3. The molecule has 8 nitrogen and oxygen atoms in total. The highest BCUT2D eigenvalue weighted by Gasteiger charge is 2.21. The molecular formula is C54H34N4O4. The summed E-state index contributed by atoms with van der Waals surface area (Å²) < 4.78 is 0. The summed E-state index contributed by atoms with van der Waals surface area (Å²) in [6.07, 6.45) is 8.11. The van der Waals surface area contributed by atoms with E-state index in [1.54, 1.807) is 24.3 Å². The monoisotopic (exact) mass is 802 g/mol. The summed E-state index contributed by atoms with van der Waals surface area (Å²) in [5.74, 6) is -2.00. The number of H-pyrrole nitrogens is 2. The van der Waals surface area contributed by atoms with Crippen LogP contribution in [0.4, 0.5) is 0 Å². The first-order chi connectivity index (χ1) is 30.4. The molecule has 0 saturated heterocycles. The van der Waals surface area contributed by atoms with E-state index in [9.17, 15) is 19.8 Å². The van der Waals surface area contributed by atoms with Crippen LogP contribution in [-0.2, 0) is 0 Å². The second-order valence-corrected chi connectivity index (χ2v) is 15.3. The van der Waals surface area contributed by atoms with Gasteiger partial charge in [-0.3, -0.25) is 0 Å². The average molecular weight is 803 g/mol. The van der Waals surface area contributed by atoms with Crippen LogP contribution in [0.2, 0.25) is 0 Å². The molecule has 4 N–H and O–H groups in total. The largest absolute Gasteiger partial charge is 0.478 e. The van der Waals surface area contributed by atoms with Crippen molar-refractivity contribution in [1.82, 2.24) is 19.9 Å². The van der Waals surface area contributed by atoms with Crippen LogP contribution in [0.15, 0.2) is 158 Å². The van der Waals surface area contributed by atoms with Crippen LogP contribution in [0.25, 0.3) is 112 Å². The standard InChI is InChI=1S/C54H34N4O4/c59-53(60)35-19-17-31-13-7-15-37(39(31)29-35)51-45-25-21-41(55-45)49(33-9-3-1-4-10-33)42-22-26-46(56-42)52(38-16-8-14-32-18-20-36(54(61)62)30-40(32)38)48-28-24-44(58-48)50(34-11-5-2-6-12-34)43-23-27-47(51)57-43/h1-30,55,58H,(H,59,60)(H,61,62). The molecule has 3 aromatic heterocycles. The zero-order chi connectivity index (χ0) is 41.9. The normalized spacial score (nSPS) is 12.0. The van der Waals surface area contributed by atoms with Crippen molar-refractivity contribution in [3.05, 3.63) is 192 Å². The lowest BCUT2D eigenvalue weighted by atomic mass is 9.95. The Morgan fingerprint density at radius 1 is 0.387 bits per heavy atom.